The number of para-hydroxylation sites is 2. The lowest BCUT2D eigenvalue weighted by Gasteiger charge is -2.17. The number of hydrogen-bond donors (Lipinski definition) is 2. The van der Waals surface area contributed by atoms with Gasteiger partial charge < -0.3 is 10.6 Å². The van der Waals surface area contributed by atoms with Gasteiger partial charge in [0.2, 0.25) is 11.8 Å². The molecule has 0 bridgehead atoms. The third-order valence-electron chi connectivity index (χ3n) is 4.98. The van der Waals surface area contributed by atoms with Gasteiger partial charge >= 0.3 is 0 Å². The Labute approximate surface area is 188 Å². The second-order valence-electron chi connectivity index (χ2n) is 7.52. The quantitative estimate of drug-likeness (QED) is 0.504. The van der Waals surface area contributed by atoms with E-state index in [0.29, 0.717) is 16.8 Å². The van der Waals surface area contributed by atoms with Crippen molar-refractivity contribution in [2.45, 2.75) is 13.3 Å². The summed E-state index contributed by atoms with van der Waals surface area (Å²) in [5.41, 5.74) is 3.26. The van der Waals surface area contributed by atoms with Gasteiger partial charge in [0.1, 0.15) is 0 Å². The van der Waals surface area contributed by atoms with E-state index in [-0.39, 0.29) is 30.7 Å². The number of carbonyl (C=O) groups is 3. The average molecular weight is 430 g/mol. The molecular weight excluding hydrogens is 402 g/mol. The Morgan fingerprint density at radius 3 is 1.91 bits per heavy atom. The van der Waals surface area contributed by atoms with Crippen LogP contribution >= 0.6 is 0 Å². The first-order valence-electron chi connectivity index (χ1n) is 10.5. The fraction of sp³-hybridized carbons (Fsp3) is 0.192. The second kappa shape index (κ2) is 11.0. The first-order valence-corrected chi connectivity index (χ1v) is 10.5. The lowest BCUT2D eigenvalue weighted by molar-refractivity contribution is -0.119. The SMILES string of the molecule is CCc1ccccc1NC(=O)CN(C)CC(=O)Nc1ccccc1C(=O)c1ccccc1. The second-order valence-corrected chi connectivity index (χ2v) is 7.52. The minimum Gasteiger partial charge on any atom is -0.325 e. The molecule has 2 N–H and O–H groups in total. The number of nitrogens with one attached hydrogen (secondary N) is 2. The highest BCUT2D eigenvalue weighted by molar-refractivity contribution is 6.13. The Morgan fingerprint density at radius 1 is 0.719 bits per heavy atom. The number of aryl methyl sites for hydroxylation is 1. The molecule has 2 amide bonds. The van der Waals surface area contributed by atoms with Gasteiger partial charge in [-0.3, -0.25) is 19.3 Å². The highest BCUT2D eigenvalue weighted by atomic mass is 16.2. The summed E-state index contributed by atoms with van der Waals surface area (Å²) in [6.45, 7) is 2.11. The van der Waals surface area contributed by atoms with Crippen LogP contribution in [0.3, 0.4) is 0 Å². The standard InChI is InChI=1S/C26H27N3O3/c1-3-19-11-7-9-15-22(19)27-24(30)17-29(2)18-25(31)28-23-16-10-8-14-21(23)26(32)20-12-5-4-6-13-20/h4-16H,3,17-18H2,1-2H3,(H,27,30)(H,28,31). The summed E-state index contributed by atoms with van der Waals surface area (Å²) in [4.78, 5) is 39.4. The molecule has 0 aliphatic carbocycles. The molecule has 3 aromatic rings. The Kier molecular flexibility index (Phi) is 7.89. The van der Waals surface area contributed by atoms with Gasteiger partial charge in [-0.1, -0.05) is 67.6 Å². The molecule has 0 fully saturated rings. The lowest BCUT2D eigenvalue weighted by Crippen LogP contribution is -2.36. The van der Waals surface area contributed by atoms with Crippen molar-refractivity contribution in [2.75, 3.05) is 30.8 Å². The van der Waals surface area contributed by atoms with Gasteiger partial charge in [0.05, 0.1) is 18.8 Å². The van der Waals surface area contributed by atoms with Gasteiger partial charge in [0, 0.05) is 16.8 Å². The number of nitrogens with zero attached hydrogens (tertiary/aromatic N) is 1. The lowest BCUT2D eigenvalue weighted by atomic mass is 10.0. The van der Waals surface area contributed by atoms with Crippen LogP contribution in [0.2, 0.25) is 0 Å². The van der Waals surface area contributed by atoms with E-state index < -0.39 is 0 Å². The van der Waals surface area contributed by atoms with E-state index in [1.807, 2.05) is 37.3 Å². The molecule has 0 radical (unpaired) electrons. The summed E-state index contributed by atoms with van der Waals surface area (Å²) in [5.74, 6) is -0.660. The molecule has 0 aliphatic heterocycles. The van der Waals surface area contributed by atoms with Gasteiger partial charge in [-0.2, -0.15) is 0 Å². The van der Waals surface area contributed by atoms with Crippen LogP contribution in [0.15, 0.2) is 78.9 Å². The molecule has 6 heteroatoms. The predicted octanol–water partition coefficient (Wildman–Crippen LogP) is 3.99. The predicted molar refractivity (Wildman–Crippen MR) is 127 cm³/mol. The molecule has 6 nitrogen and oxygen atoms in total. The third kappa shape index (κ3) is 6.12. The molecule has 0 aromatic heterocycles. The van der Waals surface area contributed by atoms with Crippen LogP contribution in [0, 0.1) is 0 Å². The highest BCUT2D eigenvalue weighted by Crippen LogP contribution is 2.19. The molecule has 3 rings (SSSR count). The van der Waals surface area contributed by atoms with Crippen molar-refractivity contribution in [1.82, 2.24) is 4.90 Å². The van der Waals surface area contributed by atoms with Gasteiger partial charge in [0.15, 0.2) is 5.78 Å². The Hall–Kier alpha value is -3.77. The first-order chi connectivity index (χ1) is 15.5. The molecule has 32 heavy (non-hydrogen) atoms. The number of ketones is 1. The Bertz CT molecular complexity index is 1100. The molecule has 0 saturated carbocycles. The molecule has 0 heterocycles. The fourth-order valence-corrected chi connectivity index (χ4v) is 3.41. The van der Waals surface area contributed by atoms with Crippen molar-refractivity contribution in [3.05, 3.63) is 95.6 Å². The number of carbonyl (C=O) groups excluding carboxylic acids is 3. The van der Waals surface area contributed by atoms with Crippen LogP contribution in [0.4, 0.5) is 11.4 Å². The van der Waals surface area contributed by atoms with E-state index in [1.165, 1.54) is 0 Å². The van der Waals surface area contributed by atoms with Crippen LogP contribution in [0.1, 0.15) is 28.4 Å². The van der Waals surface area contributed by atoms with Crippen LogP contribution in [-0.2, 0) is 16.0 Å². The van der Waals surface area contributed by atoms with Crippen LogP contribution in [0.5, 0.6) is 0 Å². The Morgan fingerprint density at radius 2 is 1.25 bits per heavy atom. The highest BCUT2D eigenvalue weighted by Gasteiger charge is 2.16. The average Bonchev–Trinajstić information content (AvgIpc) is 2.79. The number of hydrogen-bond acceptors (Lipinski definition) is 4. The zero-order valence-electron chi connectivity index (χ0n) is 18.3. The molecule has 0 atom stereocenters. The molecule has 3 aromatic carbocycles. The number of anilines is 2. The van der Waals surface area contributed by atoms with E-state index in [1.54, 1.807) is 60.5 Å². The summed E-state index contributed by atoms with van der Waals surface area (Å²) >= 11 is 0. The van der Waals surface area contributed by atoms with Crippen molar-refractivity contribution in [3.8, 4) is 0 Å². The summed E-state index contributed by atoms with van der Waals surface area (Å²) in [5, 5.41) is 5.70. The molecule has 0 unspecified atom stereocenters. The number of likely N-dealkylation sites (N-methyl/N-ethyl adjacent to an activating group) is 1. The maximum atomic E-state index is 12.8. The van der Waals surface area contributed by atoms with Gasteiger partial charge in [-0.05, 0) is 37.2 Å². The Balaban J connectivity index is 1.59. The van der Waals surface area contributed by atoms with E-state index in [4.69, 9.17) is 0 Å². The van der Waals surface area contributed by atoms with E-state index in [0.717, 1.165) is 17.7 Å². The van der Waals surface area contributed by atoms with Crippen molar-refractivity contribution in [2.24, 2.45) is 0 Å². The van der Waals surface area contributed by atoms with E-state index in [2.05, 4.69) is 10.6 Å². The zero-order valence-corrected chi connectivity index (χ0v) is 18.3. The topological polar surface area (TPSA) is 78.5 Å². The van der Waals surface area contributed by atoms with Crippen LogP contribution in [-0.4, -0.2) is 42.6 Å². The number of benzene rings is 3. The maximum absolute atomic E-state index is 12.8. The van der Waals surface area contributed by atoms with Crippen molar-refractivity contribution < 1.29 is 14.4 Å². The molecule has 0 saturated heterocycles. The van der Waals surface area contributed by atoms with Crippen molar-refractivity contribution >= 4 is 29.0 Å². The van der Waals surface area contributed by atoms with Gasteiger partial charge in [-0.25, -0.2) is 0 Å². The van der Waals surface area contributed by atoms with E-state index in [9.17, 15) is 14.4 Å². The van der Waals surface area contributed by atoms with Crippen LogP contribution < -0.4 is 10.6 Å². The third-order valence-corrected chi connectivity index (χ3v) is 4.98. The first kappa shape index (κ1) is 22.9. The summed E-state index contributed by atoms with van der Waals surface area (Å²) in [6, 6.07) is 23.5. The fourth-order valence-electron chi connectivity index (χ4n) is 3.41. The minimum absolute atomic E-state index is 0.0106. The molecule has 0 spiro atoms. The largest absolute Gasteiger partial charge is 0.325 e. The van der Waals surface area contributed by atoms with E-state index >= 15 is 0 Å². The number of amides is 2. The van der Waals surface area contributed by atoms with Gasteiger partial charge in [0.25, 0.3) is 0 Å². The smallest absolute Gasteiger partial charge is 0.238 e. The normalized spacial score (nSPS) is 10.6. The summed E-state index contributed by atoms with van der Waals surface area (Å²) in [7, 11) is 1.70. The summed E-state index contributed by atoms with van der Waals surface area (Å²) < 4.78 is 0. The van der Waals surface area contributed by atoms with Crippen LogP contribution in [0.25, 0.3) is 0 Å². The van der Waals surface area contributed by atoms with Crippen molar-refractivity contribution in [3.63, 3.8) is 0 Å². The maximum Gasteiger partial charge on any atom is 0.238 e. The van der Waals surface area contributed by atoms with Crippen molar-refractivity contribution in [1.29, 1.82) is 0 Å². The monoisotopic (exact) mass is 429 g/mol. The molecule has 0 aliphatic rings. The summed E-state index contributed by atoms with van der Waals surface area (Å²) in [6.07, 6.45) is 0.815. The zero-order chi connectivity index (χ0) is 22.9. The molecular formula is C26H27N3O3. The minimum atomic E-state index is -0.303. The molecule has 164 valence electrons. The van der Waals surface area contributed by atoms with Gasteiger partial charge in [-0.15, -0.1) is 0 Å². The number of rotatable bonds is 9.